The molecule has 0 amide bonds. The van der Waals surface area contributed by atoms with Gasteiger partial charge in [-0.25, -0.2) is 0 Å². The number of ether oxygens (including phenoxy) is 1. The third kappa shape index (κ3) is 3.27. The number of rotatable bonds is 5. The zero-order valence-corrected chi connectivity index (χ0v) is 10.6. The van der Waals surface area contributed by atoms with Crippen LogP contribution in [0, 0.1) is 5.92 Å². The first kappa shape index (κ1) is 12.0. The van der Waals surface area contributed by atoms with E-state index in [-0.39, 0.29) is 0 Å². The van der Waals surface area contributed by atoms with Crippen molar-refractivity contribution < 1.29 is 4.74 Å². The molecule has 0 bridgehead atoms. The van der Waals surface area contributed by atoms with Gasteiger partial charge in [0, 0.05) is 30.3 Å². The molecule has 0 saturated carbocycles. The van der Waals surface area contributed by atoms with Crippen molar-refractivity contribution in [1.82, 2.24) is 10.3 Å². The molecule has 0 aromatic carbocycles. The molecule has 2 heterocycles. The summed E-state index contributed by atoms with van der Waals surface area (Å²) in [5.41, 5.74) is 1.92. The van der Waals surface area contributed by atoms with Crippen LogP contribution in [0.1, 0.15) is 24.6 Å². The lowest BCUT2D eigenvalue weighted by molar-refractivity contribution is 0.0541. The van der Waals surface area contributed by atoms with Gasteiger partial charge < -0.3 is 10.1 Å². The predicted molar refractivity (Wildman–Crippen MR) is 66.8 cm³/mol. The summed E-state index contributed by atoms with van der Waals surface area (Å²) in [7, 11) is 0. The van der Waals surface area contributed by atoms with Crippen molar-refractivity contribution in [2.24, 2.45) is 5.92 Å². The van der Waals surface area contributed by atoms with Crippen molar-refractivity contribution in [3.8, 4) is 0 Å². The summed E-state index contributed by atoms with van der Waals surface area (Å²) in [6, 6.07) is 0.592. The lowest BCUT2D eigenvalue weighted by Gasteiger charge is -2.30. The molecule has 16 heavy (non-hydrogen) atoms. The highest BCUT2D eigenvalue weighted by Gasteiger charge is 2.23. The molecule has 1 atom stereocenters. The van der Waals surface area contributed by atoms with Crippen molar-refractivity contribution in [2.75, 3.05) is 19.8 Å². The molecule has 2 rings (SSSR count). The lowest BCUT2D eigenvalue weighted by atomic mass is 9.89. The Morgan fingerprint density at radius 2 is 2.38 bits per heavy atom. The molecule has 1 aliphatic rings. The van der Waals surface area contributed by atoms with Gasteiger partial charge >= 0.3 is 0 Å². The van der Waals surface area contributed by atoms with E-state index in [2.05, 4.69) is 17.2 Å². The zero-order chi connectivity index (χ0) is 11.2. The van der Waals surface area contributed by atoms with Crippen LogP contribution < -0.4 is 5.32 Å². The smallest absolute Gasteiger partial charge is 0.0794 e. The molecule has 4 heteroatoms. The molecule has 0 spiro atoms. The average Bonchev–Trinajstić information content (AvgIpc) is 2.83. The van der Waals surface area contributed by atoms with E-state index in [0.717, 1.165) is 32.1 Å². The third-order valence-corrected chi connectivity index (χ3v) is 4.01. The Hall–Kier alpha value is -0.450. The summed E-state index contributed by atoms with van der Waals surface area (Å²) in [6.07, 6.45) is 5.49. The quantitative estimate of drug-likeness (QED) is 0.855. The fraction of sp³-hybridized carbons (Fsp3) is 0.750. The molecule has 1 unspecified atom stereocenters. The predicted octanol–water partition coefficient (Wildman–Crippen LogP) is 2.09. The number of aromatic nitrogens is 1. The van der Waals surface area contributed by atoms with Crippen LogP contribution in [0.25, 0.3) is 0 Å². The van der Waals surface area contributed by atoms with Crippen molar-refractivity contribution in [1.29, 1.82) is 0 Å². The van der Waals surface area contributed by atoms with Crippen LogP contribution in [0.5, 0.6) is 0 Å². The van der Waals surface area contributed by atoms with Gasteiger partial charge in [0.1, 0.15) is 0 Å². The number of nitrogens with one attached hydrogen (secondary N) is 1. The summed E-state index contributed by atoms with van der Waals surface area (Å²) in [6.45, 7) is 5.07. The molecule has 1 aliphatic heterocycles. The summed E-state index contributed by atoms with van der Waals surface area (Å²) < 4.78 is 5.43. The van der Waals surface area contributed by atoms with Gasteiger partial charge in [-0.2, -0.15) is 0 Å². The minimum absolute atomic E-state index is 0.592. The topological polar surface area (TPSA) is 34.2 Å². The number of likely N-dealkylation sites (N-methyl/N-ethyl adjacent to an activating group) is 1. The van der Waals surface area contributed by atoms with Crippen LogP contribution in [-0.2, 0) is 11.2 Å². The number of hydrogen-bond donors (Lipinski definition) is 1. The number of nitrogens with zero attached hydrogens (tertiary/aromatic N) is 1. The minimum Gasteiger partial charge on any atom is -0.381 e. The Morgan fingerprint density at radius 3 is 3.00 bits per heavy atom. The standard InChI is InChI=1S/C12H20N2OS/c1-2-14-12(7-11-8-13-9-16-11)10-3-5-15-6-4-10/h8-10,12,14H,2-7H2,1H3. The zero-order valence-electron chi connectivity index (χ0n) is 9.82. The van der Waals surface area contributed by atoms with E-state index in [9.17, 15) is 0 Å². The van der Waals surface area contributed by atoms with Crippen LogP contribution in [0.4, 0.5) is 0 Å². The van der Waals surface area contributed by atoms with Gasteiger partial charge in [-0.1, -0.05) is 6.92 Å². The molecule has 1 aromatic rings. The van der Waals surface area contributed by atoms with E-state index in [0.29, 0.717) is 6.04 Å². The van der Waals surface area contributed by atoms with Crippen LogP contribution >= 0.6 is 11.3 Å². The summed E-state index contributed by atoms with van der Waals surface area (Å²) in [5, 5.41) is 3.61. The highest BCUT2D eigenvalue weighted by Crippen LogP contribution is 2.22. The molecule has 1 N–H and O–H groups in total. The summed E-state index contributed by atoms with van der Waals surface area (Å²) in [4.78, 5) is 5.53. The maximum atomic E-state index is 5.43. The van der Waals surface area contributed by atoms with Gasteiger partial charge in [0.25, 0.3) is 0 Å². The van der Waals surface area contributed by atoms with Gasteiger partial charge in [0.15, 0.2) is 0 Å². The molecule has 3 nitrogen and oxygen atoms in total. The van der Waals surface area contributed by atoms with Crippen LogP contribution in [0.3, 0.4) is 0 Å². The van der Waals surface area contributed by atoms with Gasteiger partial charge in [0.05, 0.1) is 5.51 Å². The van der Waals surface area contributed by atoms with Crippen molar-refractivity contribution in [2.45, 2.75) is 32.2 Å². The van der Waals surface area contributed by atoms with Crippen LogP contribution in [0.2, 0.25) is 0 Å². The first-order chi connectivity index (χ1) is 7.90. The molecule has 1 aromatic heterocycles. The first-order valence-electron chi connectivity index (χ1n) is 6.08. The largest absolute Gasteiger partial charge is 0.381 e. The molecule has 0 aliphatic carbocycles. The van der Waals surface area contributed by atoms with Crippen molar-refractivity contribution in [3.05, 3.63) is 16.6 Å². The first-order valence-corrected chi connectivity index (χ1v) is 6.96. The van der Waals surface area contributed by atoms with E-state index in [1.165, 1.54) is 17.7 Å². The molecule has 90 valence electrons. The Balaban J connectivity index is 1.92. The normalized spacial score (nSPS) is 19.8. The van der Waals surface area contributed by atoms with Crippen molar-refractivity contribution in [3.63, 3.8) is 0 Å². The Labute approximate surface area is 101 Å². The van der Waals surface area contributed by atoms with E-state index in [1.54, 1.807) is 11.3 Å². The van der Waals surface area contributed by atoms with Gasteiger partial charge in [-0.15, -0.1) is 11.3 Å². The summed E-state index contributed by atoms with van der Waals surface area (Å²) >= 11 is 1.76. The maximum Gasteiger partial charge on any atom is 0.0794 e. The molecule has 1 saturated heterocycles. The van der Waals surface area contributed by atoms with Crippen LogP contribution in [0.15, 0.2) is 11.7 Å². The maximum absolute atomic E-state index is 5.43. The number of thiazole rings is 1. The molecule has 1 fully saturated rings. The Kier molecular flexibility index (Phi) is 4.75. The third-order valence-electron chi connectivity index (χ3n) is 3.21. The average molecular weight is 240 g/mol. The second-order valence-electron chi connectivity index (χ2n) is 4.29. The van der Waals surface area contributed by atoms with E-state index < -0.39 is 0 Å². The van der Waals surface area contributed by atoms with Gasteiger partial charge in [-0.3, -0.25) is 4.98 Å². The van der Waals surface area contributed by atoms with E-state index in [4.69, 9.17) is 4.74 Å². The van der Waals surface area contributed by atoms with E-state index >= 15 is 0 Å². The Bertz CT molecular complexity index is 283. The second-order valence-corrected chi connectivity index (χ2v) is 5.26. The van der Waals surface area contributed by atoms with Crippen LogP contribution in [-0.4, -0.2) is 30.8 Å². The fourth-order valence-corrected chi connectivity index (χ4v) is 3.00. The minimum atomic E-state index is 0.592. The fourth-order valence-electron chi connectivity index (χ4n) is 2.35. The van der Waals surface area contributed by atoms with E-state index in [1.807, 2.05) is 11.7 Å². The lowest BCUT2D eigenvalue weighted by Crippen LogP contribution is -2.40. The SMILES string of the molecule is CCNC(Cc1cncs1)C1CCOCC1. The monoisotopic (exact) mass is 240 g/mol. The summed E-state index contributed by atoms with van der Waals surface area (Å²) in [5.74, 6) is 0.760. The molecular weight excluding hydrogens is 220 g/mol. The highest BCUT2D eigenvalue weighted by atomic mass is 32.1. The van der Waals surface area contributed by atoms with Crippen molar-refractivity contribution >= 4 is 11.3 Å². The Morgan fingerprint density at radius 1 is 1.56 bits per heavy atom. The highest BCUT2D eigenvalue weighted by molar-refractivity contribution is 7.09. The van der Waals surface area contributed by atoms with Gasteiger partial charge in [0.2, 0.25) is 0 Å². The molecule has 0 radical (unpaired) electrons. The number of hydrogen-bond acceptors (Lipinski definition) is 4. The second kappa shape index (κ2) is 6.33. The molecular formula is C12H20N2OS. The van der Waals surface area contributed by atoms with Gasteiger partial charge in [-0.05, 0) is 31.7 Å².